The number of nitrogens with zero attached hydrogens (tertiary/aromatic N) is 3. The lowest BCUT2D eigenvalue weighted by atomic mass is 9.93. The number of aromatic nitrogens is 1. The van der Waals surface area contributed by atoms with Gasteiger partial charge in [-0.1, -0.05) is 0 Å². The zero-order valence-electron chi connectivity index (χ0n) is 16.9. The molecule has 3 aliphatic rings. The summed E-state index contributed by atoms with van der Waals surface area (Å²) in [5.74, 6) is 0.456. The Morgan fingerprint density at radius 3 is 2.69 bits per heavy atom. The fraction of sp³-hybridized carbons (Fsp3) is 0.545. The van der Waals surface area contributed by atoms with Crippen molar-refractivity contribution in [2.24, 2.45) is 5.92 Å². The summed E-state index contributed by atoms with van der Waals surface area (Å²) in [6.45, 7) is 2.61. The first-order valence-electron chi connectivity index (χ1n) is 10.4. The molecule has 3 fully saturated rings. The third-order valence-corrected chi connectivity index (χ3v) is 6.87. The van der Waals surface area contributed by atoms with Gasteiger partial charge in [-0.15, -0.1) is 0 Å². The van der Waals surface area contributed by atoms with Crippen molar-refractivity contribution in [1.29, 1.82) is 0 Å². The molecule has 0 spiro atoms. The Kier molecular flexibility index (Phi) is 4.38. The molecule has 1 aromatic carbocycles. The van der Waals surface area contributed by atoms with E-state index in [-0.39, 0.29) is 17.0 Å². The molecule has 29 heavy (non-hydrogen) atoms. The molecule has 2 aliphatic heterocycles. The lowest BCUT2D eigenvalue weighted by molar-refractivity contribution is 0.112. The summed E-state index contributed by atoms with van der Waals surface area (Å²) >= 11 is 0. The number of pyridine rings is 1. The Morgan fingerprint density at radius 1 is 1.24 bits per heavy atom. The molecule has 6 nitrogen and oxygen atoms in total. The van der Waals surface area contributed by atoms with E-state index in [4.69, 9.17) is 4.74 Å². The van der Waals surface area contributed by atoms with E-state index < -0.39 is 11.2 Å². The first kappa shape index (κ1) is 18.6. The van der Waals surface area contributed by atoms with Gasteiger partial charge in [-0.25, -0.2) is 4.39 Å². The summed E-state index contributed by atoms with van der Waals surface area (Å²) in [4.78, 5) is 28.6. The Balaban J connectivity index is 1.71. The van der Waals surface area contributed by atoms with E-state index in [1.165, 1.54) is 19.6 Å². The van der Waals surface area contributed by atoms with E-state index in [1.807, 2.05) is 4.57 Å². The maximum atomic E-state index is 15.4. The maximum Gasteiger partial charge on any atom is 0.200 e. The zero-order valence-corrected chi connectivity index (χ0v) is 16.9. The van der Waals surface area contributed by atoms with Gasteiger partial charge in [-0.2, -0.15) is 0 Å². The number of rotatable bonds is 4. The number of carbonyl (C=O) groups is 1. The van der Waals surface area contributed by atoms with Crippen LogP contribution >= 0.6 is 0 Å². The normalized spacial score (nSPS) is 24.7. The second-order valence-electron chi connectivity index (χ2n) is 8.66. The predicted octanol–water partition coefficient (Wildman–Crippen LogP) is 2.83. The molecule has 7 heteroatoms. The molecule has 0 radical (unpaired) electrons. The van der Waals surface area contributed by atoms with Crippen LogP contribution < -0.4 is 15.1 Å². The molecule has 0 bridgehead atoms. The lowest BCUT2D eigenvalue weighted by Crippen LogP contribution is -2.42. The maximum absolute atomic E-state index is 15.4. The van der Waals surface area contributed by atoms with Crippen LogP contribution in [0.1, 0.15) is 42.1 Å². The molecule has 0 amide bonds. The number of likely N-dealkylation sites (N-methyl/N-ethyl adjacent to an activating group) is 1. The third kappa shape index (κ3) is 2.86. The standard InChI is InChI=1S/C22H26FN3O3/c1-24-7-3-4-13-9-25(11-18(13)24)20-17(23)8-16-19(22(20)29-2)26(15-5-6-15)10-14(12-27)21(16)28/h8,10,12-13,15,18H,3-7,9,11H2,1-2H3. The van der Waals surface area contributed by atoms with Crippen LogP contribution in [0, 0.1) is 11.7 Å². The quantitative estimate of drug-likeness (QED) is 0.740. The second-order valence-corrected chi connectivity index (χ2v) is 8.66. The monoisotopic (exact) mass is 399 g/mol. The second kappa shape index (κ2) is 6.83. The molecule has 1 aliphatic carbocycles. The van der Waals surface area contributed by atoms with Gasteiger partial charge in [-0.3, -0.25) is 9.59 Å². The van der Waals surface area contributed by atoms with Gasteiger partial charge in [0.1, 0.15) is 5.69 Å². The molecular weight excluding hydrogens is 373 g/mol. The van der Waals surface area contributed by atoms with Crippen molar-refractivity contribution in [2.45, 2.75) is 37.8 Å². The average Bonchev–Trinajstić information content (AvgIpc) is 3.46. The highest BCUT2D eigenvalue weighted by Crippen LogP contribution is 2.45. The minimum atomic E-state index is -0.460. The predicted molar refractivity (Wildman–Crippen MR) is 110 cm³/mol. The summed E-state index contributed by atoms with van der Waals surface area (Å²) < 4.78 is 23.1. The average molecular weight is 399 g/mol. The SMILES string of the molecule is COc1c(N2CC3CCCN(C)C3C2)c(F)cc2c(=O)c(C=O)cn(C3CC3)c12. The summed E-state index contributed by atoms with van der Waals surface area (Å²) in [5, 5.41) is 0.216. The third-order valence-electron chi connectivity index (χ3n) is 6.87. The van der Waals surface area contributed by atoms with Crippen LogP contribution in [-0.4, -0.2) is 55.6 Å². The molecule has 2 atom stereocenters. The van der Waals surface area contributed by atoms with Crippen LogP contribution in [0.3, 0.4) is 0 Å². The molecule has 1 aromatic heterocycles. The number of ether oxygens (including phenoxy) is 1. The summed E-state index contributed by atoms with van der Waals surface area (Å²) in [5.41, 5.74) is 0.665. The minimum absolute atomic E-state index is 0.0624. The van der Waals surface area contributed by atoms with Gasteiger partial charge in [0.2, 0.25) is 0 Å². The van der Waals surface area contributed by atoms with Crippen molar-refractivity contribution >= 4 is 22.9 Å². The van der Waals surface area contributed by atoms with Crippen LogP contribution in [0.2, 0.25) is 0 Å². The topological polar surface area (TPSA) is 54.8 Å². The van der Waals surface area contributed by atoms with Crippen LogP contribution in [0.5, 0.6) is 5.75 Å². The number of methoxy groups -OCH3 is 1. The number of hydrogen-bond acceptors (Lipinski definition) is 5. The Morgan fingerprint density at radius 2 is 2.03 bits per heavy atom. The number of piperidine rings is 1. The van der Waals surface area contributed by atoms with E-state index in [0.29, 0.717) is 35.2 Å². The number of fused-ring (bicyclic) bond motifs is 2. The molecule has 2 aromatic rings. The Hall–Kier alpha value is -2.41. The molecule has 1 saturated carbocycles. The van der Waals surface area contributed by atoms with Crippen molar-refractivity contribution < 1.29 is 13.9 Å². The highest BCUT2D eigenvalue weighted by atomic mass is 19.1. The zero-order chi connectivity index (χ0) is 20.3. The number of likely N-dealkylation sites (tertiary alicyclic amines) is 1. The number of benzene rings is 1. The number of anilines is 1. The first-order chi connectivity index (χ1) is 14.0. The smallest absolute Gasteiger partial charge is 0.200 e. The minimum Gasteiger partial charge on any atom is -0.492 e. The fourth-order valence-electron chi connectivity index (χ4n) is 5.27. The Bertz CT molecular complexity index is 1050. The molecule has 2 saturated heterocycles. The van der Waals surface area contributed by atoms with Crippen molar-refractivity contribution in [3.8, 4) is 5.75 Å². The van der Waals surface area contributed by atoms with Crippen molar-refractivity contribution in [1.82, 2.24) is 9.47 Å². The van der Waals surface area contributed by atoms with Crippen molar-refractivity contribution in [3.63, 3.8) is 0 Å². The first-order valence-corrected chi connectivity index (χ1v) is 10.4. The molecule has 5 rings (SSSR count). The number of hydrogen-bond donors (Lipinski definition) is 0. The highest BCUT2D eigenvalue weighted by Gasteiger charge is 2.40. The van der Waals surface area contributed by atoms with Gasteiger partial charge < -0.3 is 19.1 Å². The van der Waals surface area contributed by atoms with Gasteiger partial charge in [0.15, 0.2) is 23.3 Å². The van der Waals surface area contributed by atoms with E-state index in [0.717, 1.165) is 38.9 Å². The van der Waals surface area contributed by atoms with Gasteiger partial charge in [0, 0.05) is 31.4 Å². The van der Waals surface area contributed by atoms with Crippen molar-refractivity contribution in [3.05, 3.63) is 33.9 Å². The van der Waals surface area contributed by atoms with E-state index >= 15 is 4.39 Å². The van der Waals surface area contributed by atoms with E-state index in [2.05, 4.69) is 16.8 Å². The van der Waals surface area contributed by atoms with Gasteiger partial charge in [0.05, 0.1) is 23.6 Å². The van der Waals surface area contributed by atoms with Crippen LogP contribution in [0.15, 0.2) is 17.1 Å². The lowest BCUT2D eigenvalue weighted by Gasteiger charge is -2.33. The molecule has 2 unspecified atom stereocenters. The van der Waals surface area contributed by atoms with E-state index in [1.54, 1.807) is 6.20 Å². The van der Waals surface area contributed by atoms with Crippen LogP contribution in [-0.2, 0) is 0 Å². The van der Waals surface area contributed by atoms with Crippen LogP contribution in [0.25, 0.3) is 10.9 Å². The Labute approximate surface area is 168 Å². The summed E-state index contributed by atoms with van der Waals surface area (Å²) in [6.07, 6.45) is 6.43. The molecule has 0 N–H and O–H groups in total. The highest BCUT2D eigenvalue weighted by molar-refractivity contribution is 5.94. The van der Waals surface area contributed by atoms with Gasteiger partial charge >= 0.3 is 0 Å². The largest absolute Gasteiger partial charge is 0.492 e. The summed E-state index contributed by atoms with van der Waals surface area (Å²) in [7, 11) is 3.67. The van der Waals surface area contributed by atoms with Crippen LogP contribution in [0.4, 0.5) is 10.1 Å². The van der Waals surface area contributed by atoms with Gasteiger partial charge in [-0.05, 0) is 51.3 Å². The number of aldehydes is 1. The fourth-order valence-corrected chi connectivity index (χ4v) is 5.27. The molecular formula is C22H26FN3O3. The number of halogens is 1. The molecule has 154 valence electrons. The number of carbonyl (C=O) groups excluding carboxylic acids is 1. The summed E-state index contributed by atoms with van der Waals surface area (Å²) in [6, 6.07) is 1.93. The molecule has 3 heterocycles. The van der Waals surface area contributed by atoms with Crippen molar-refractivity contribution in [2.75, 3.05) is 38.7 Å². The van der Waals surface area contributed by atoms with E-state index in [9.17, 15) is 9.59 Å². The van der Waals surface area contributed by atoms with Gasteiger partial charge in [0.25, 0.3) is 0 Å².